The summed E-state index contributed by atoms with van der Waals surface area (Å²) in [6, 6.07) is 0. The lowest BCUT2D eigenvalue weighted by molar-refractivity contribution is -0.161. The smallest absolute Gasteiger partial charge is 0.306 e. The molecule has 48 heavy (non-hydrogen) atoms. The van der Waals surface area contributed by atoms with Crippen molar-refractivity contribution in [3.05, 3.63) is 24.3 Å². The predicted molar refractivity (Wildman–Crippen MR) is 192 cm³/mol. The van der Waals surface area contributed by atoms with Gasteiger partial charge >= 0.3 is 11.9 Å². The average molecular weight is 679 g/mol. The summed E-state index contributed by atoms with van der Waals surface area (Å²) >= 11 is 0. The van der Waals surface area contributed by atoms with Crippen molar-refractivity contribution in [3.63, 3.8) is 0 Å². The SMILES string of the molecule is CCCCC[C@H](O)/C=C/[C@H]1[C@H](O)CC(=O)[C@@H]1C/C=C\CCCC(=O)OC[C@H](CO)OC(=O)CCCCCCCCCCCCC(C)CC. The first-order valence-electron chi connectivity index (χ1n) is 19.4. The van der Waals surface area contributed by atoms with Gasteiger partial charge in [0.1, 0.15) is 12.4 Å². The molecule has 8 heteroatoms. The van der Waals surface area contributed by atoms with Gasteiger partial charge in [-0.05, 0) is 38.0 Å². The van der Waals surface area contributed by atoms with Gasteiger partial charge in [-0.25, -0.2) is 0 Å². The molecule has 0 aromatic rings. The highest BCUT2D eigenvalue weighted by Gasteiger charge is 2.39. The van der Waals surface area contributed by atoms with Gasteiger partial charge in [-0.1, -0.05) is 135 Å². The van der Waals surface area contributed by atoms with Crippen LogP contribution in [0.25, 0.3) is 0 Å². The van der Waals surface area contributed by atoms with Gasteiger partial charge in [0.05, 0.1) is 18.8 Å². The fourth-order valence-electron chi connectivity index (χ4n) is 6.22. The summed E-state index contributed by atoms with van der Waals surface area (Å²) in [6.07, 6.45) is 25.9. The molecule has 0 heterocycles. The largest absolute Gasteiger partial charge is 0.462 e. The Bertz CT molecular complexity index is 900. The molecule has 1 fully saturated rings. The molecule has 0 spiro atoms. The lowest BCUT2D eigenvalue weighted by Crippen LogP contribution is -2.28. The molecular formula is C40H70O8. The Balaban J connectivity index is 2.14. The molecule has 1 saturated carbocycles. The van der Waals surface area contributed by atoms with Crippen LogP contribution in [-0.4, -0.2) is 64.6 Å². The van der Waals surface area contributed by atoms with Crippen LogP contribution in [0.4, 0.5) is 0 Å². The highest BCUT2D eigenvalue weighted by atomic mass is 16.6. The fraction of sp³-hybridized carbons (Fsp3) is 0.825. The Kier molecular flexibility index (Phi) is 26.4. The van der Waals surface area contributed by atoms with E-state index in [9.17, 15) is 29.7 Å². The molecule has 0 amide bonds. The van der Waals surface area contributed by atoms with E-state index in [0.717, 1.165) is 44.4 Å². The summed E-state index contributed by atoms with van der Waals surface area (Å²) in [6.45, 7) is 6.15. The van der Waals surface area contributed by atoms with E-state index in [1.54, 1.807) is 12.2 Å². The van der Waals surface area contributed by atoms with E-state index in [4.69, 9.17) is 9.47 Å². The van der Waals surface area contributed by atoms with Gasteiger partial charge in [-0.3, -0.25) is 14.4 Å². The number of rotatable bonds is 30. The zero-order chi connectivity index (χ0) is 35.4. The van der Waals surface area contributed by atoms with Crippen molar-refractivity contribution in [1.29, 1.82) is 0 Å². The van der Waals surface area contributed by atoms with Crippen molar-refractivity contribution >= 4 is 17.7 Å². The van der Waals surface area contributed by atoms with Crippen molar-refractivity contribution in [2.45, 2.75) is 180 Å². The minimum absolute atomic E-state index is 0.0316. The molecule has 0 bridgehead atoms. The van der Waals surface area contributed by atoms with Gasteiger partial charge in [0.15, 0.2) is 6.10 Å². The summed E-state index contributed by atoms with van der Waals surface area (Å²) in [5.74, 6) is -0.514. The number of allylic oxidation sites excluding steroid dienone is 2. The first-order chi connectivity index (χ1) is 23.2. The van der Waals surface area contributed by atoms with Gasteiger partial charge in [0.25, 0.3) is 0 Å². The number of ether oxygens (including phenoxy) is 2. The quantitative estimate of drug-likeness (QED) is 0.0393. The van der Waals surface area contributed by atoms with Crippen LogP contribution in [0.15, 0.2) is 24.3 Å². The van der Waals surface area contributed by atoms with Crippen LogP contribution in [0.2, 0.25) is 0 Å². The third kappa shape index (κ3) is 21.8. The molecular weight excluding hydrogens is 608 g/mol. The number of aliphatic hydroxyl groups is 3. The van der Waals surface area contributed by atoms with Crippen LogP contribution < -0.4 is 0 Å². The second kappa shape index (κ2) is 28.8. The highest BCUT2D eigenvalue weighted by Crippen LogP contribution is 2.33. The topological polar surface area (TPSA) is 130 Å². The molecule has 6 atom stereocenters. The molecule has 1 aliphatic carbocycles. The van der Waals surface area contributed by atoms with Gasteiger partial charge in [-0.15, -0.1) is 0 Å². The average Bonchev–Trinajstić information content (AvgIpc) is 3.34. The minimum Gasteiger partial charge on any atom is -0.462 e. The summed E-state index contributed by atoms with van der Waals surface area (Å²) in [4.78, 5) is 36.8. The lowest BCUT2D eigenvalue weighted by atomic mass is 9.90. The zero-order valence-corrected chi connectivity index (χ0v) is 30.6. The van der Waals surface area contributed by atoms with Crippen LogP contribution in [0.3, 0.4) is 0 Å². The number of hydrogen-bond donors (Lipinski definition) is 3. The Morgan fingerprint density at radius 3 is 2.12 bits per heavy atom. The van der Waals surface area contributed by atoms with Crippen molar-refractivity contribution in [1.82, 2.24) is 0 Å². The summed E-state index contributed by atoms with van der Waals surface area (Å²) in [5, 5.41) is 30.1. The highest BCUT2D eigenvalue weighted by molar-refractivity contribution is 5.84. The van der Waals surface area contributed by atoms with Crippen molar-refractivity contribution in [2.24, 2.45) is 17.8 Å². The van der Waals surface area contributed by atoms with E-state index in [-0.39, 0.29) is 43.0 Å². The third-order valence-electron chi connectivity index (χ3n) is 9.66. The maximum Gasteiger partial charge on any atom is 0.306 e. The van der Waals surface area contributed by atoms with E-state index < -0.39 is 30.9 Å². The Morgan fingerprint density at radius 2 is 1.48 bits per heavy atom. The number of carbonyl (C=O) groups excluding carboxylic acids is 3. The van der Waals surface area contributed by atoms with Gasteiger partial charge < -0.3 is 24.8 Å². The Morgan fingerprint density at radius 1 is 0.854 bits per heavy atom. The number of esters is 2. The Labute approximate surface area is 292 Å². The van der Waals surface area contributed by atoms with Crippen LogP contribution in [0.5, 0.6) is 0 Å². The standard InChI is InChI=1S/C40H70O8/c1-4-6-17-23-33(42)27-28-36-35(37(43)29-38(36)44)24-19-15-16-20-25-39(45)47-31-34(30-41)48-40(46)26-21-14-12-10-8-7-9-11-13-18-22-32(3)5-2/h15,19,27-28,32-36,38,41-42,44H,4-14,16-18,20-26,29-31H2,1-3H3/b19-15-,28-27+/t32?,33-,34-,35+,36+,38+/m0/s1. The fourth-order valence-corrected chi connectivity index (χ4v) is 6.22. The molecule has 0 aromatic carbocycles. The lowest BCUT2D eigenvalue weighted by Gasteiger charge is -2.16. The number of hydrogen-bond acceptors (Lipinski definition) is 8. The number of ketones is 1. The van der Waals surface area contributed by atoms with Crippen molar-refractivity contribution in [2.75, 3.05) is 13.2 Å². The zero-order valence-electron chi connectivity index (χ0n) is 30.6. The molecule has 0 radical (unpaired) electrons. The molecule has 0 aromatic heterocycles. The normalized spacial score (nSPS) is 20.0. The molecule has 0 saturated heterocycles. The van der Waals surface area contributed by atoms with E-state index in [1.165, 1.54) is 57.8 Å². The molecule has 1 unspecified atom stereocenters. The van der Waals surface area contributed by atoms with Crippen LogP contribution in [-0.2, 0) is 23.9 Å². The first kappa shape index (κ1) is 44.0. The third-order valence-corrected chi connectivity index (χ3v) is 9.66. The number of carbonyl (C=O) groups is 3. The molecule has 3 N–H and O–H groups in total. The molecule has 1 aliphatic rings. The first-order valence-corrected chi connectivity index (χ1v) is 19.4. The van der Waals surface area contributed by atoms with E-state index in [1.807, 2.05) is 12.2 Å². The molecule has 0 aliphatic heterocycles. The summed E-state index contributed by atoms with van der Waals surface area (Å²) < 4.78 is 10.5. The van der Waals surface area contributed by atoms with Gasteiger partial charge in [0, 0.05) is 31.1 Å². The van der Waals surface area contributed by atoms with Crippen LogP contribution >= 0.6 is 0 Å². The Hall–Kier alpha value is -2.03. The van der Waals surface area contributed by atoms with E-state index in [2.05, 4.69) is 20.8 Å². The maximum absolute atomic E-state index is 12.4. The predicted octanol–water partition coefficient (Wildman–Crippen LogP) is 8.34. The number of Topliss-reactive ketones (excluding diaryl/α,β-unsaturated/α-hetero) is 1. The maximum atomic E-state index is 12.4. The van der Waals surface area contributed by atoms with E-state index in [0.29, 0.717) is 32.1 Å². The van der Waals surface area contributed by atoms with Gasteiger partial charge in [0.2, 0.25) is 0 Å². The van der Waals surface area contributed by atoms with Crippen LogP contribution in [0.1, 0.15) is 162 Å². The summed E-state index contributed by atoms with van der Waals surface area (Å²) in [5.41, 5.74) is 0. The second-order valence-corrected chi connectivity index (χ2v) is 14.0. The number of aliphatic hydroxyl groups excluding tert-OH is 3. The van der Waals surface area contributed by atoms with Crippen LogP contribution in [0, 0.1) is 17.8 Å². The van der Waals surface area contributed by atoms with Crippen molar-refractivity contribution in [3.8, 4) is 0 Å². The molecule has 1 rings (SSSR count). The van der Waals surface area contributed by atoms with Crippen molar-refractivity contribution < 1.29 is 39.2 Å². The van der Waals surface area contributed by atoms with Gasteiger partial charge in [-0.2, -0.15) is 0 Å². The molecule has 8 nitrogen and oxygen atoms in total. The second-order valence-electron chi connectivity index (χ2n) is 14.0. The molecule has 278 valence electrons. The van der Waals surface area contributed by atoms with E-state index >= 15 is 0 Å². The number of unbranched alkanes of at least 4 members (excludes halogenated alkanes) is 12. The monoisotopic (exact) mass is 679 g/mol. The summed E-state index contributed by atoms with van der Waals surface area (Å²) in [7, 11) is 0. The minimum atomic E-state index is -0.856.